The molecule has 0 unspecified atom stereocenters. The van der Waals surface area contributed by atoms with Crippen LogP contribution in [0, 0.1) is 0 Å². The molecule has 0 spiro atoms. The van der Waals surface area contributed by atoms with Crippen LogP contribution in [0.2, 0.25) is 0 Å². The number of hydrogen-bond donors (Lipinski definition) is 1. The number of allylic oxidation sites excluding steroid dienone is 2. The van der Waals surface area contributed by atoms with E-state index in [1.807, 2.05) is 0 Å². The molecule has 0 aromatic rings. The third kappa shape index (κ3) is 4.79. The van der Waals surface area contributed by atoms with Crippen LogP contribution in [0.3, 0.4) is 0 Å². The minimum absolute atomic E-state index is 0.235. The van der Waals surface area contributed by atoms with E-state index in [0.717, 1.165) is 0 Å². The molecule has 0 aromatic heterocycles. The molecule has 3 nitrogen and oxygen atoms in total. The number of ether oxygens (including phenoxy) is 1. The summed E-state index contributed by atoms with van der Waals surface area (Å²) in [5.41, 5.74) is 0. The molecule has 0 aliphatic carbocycles. The van der Waals surface area contributed by atoms with Crippen LogP contribution in [0.25, 0.3) is 0 Å². The van der Waals surface area contributed by atoms with Crippen LogP contribution in [0.4, 0.5) is 0 Å². The third-order valence-electron chi connectivity index (χ3n) is 1.00. The van der Waals surface area contributed by atoms with Crippen LogP contribution in [0.5, 0.6) is 0 Å². The van der Waals surface area contributed by atoms with Gasteiger partial charge in [-0.05, 0) is 13.0 Å². The molecule has 12 heavy (non-hydrogen) atoms. The van der Waals surface area contributed by atoms with Gasteiger partial charge in [-0.3, -0.25) is 0 Å². The van der Waals surface area contributed by atoms with E-state index in [2.05, 4.69) is 11.3 Å². The van der Waals surface area contributed by atoms with E-state index in [1.165, 1.54) is 6.08 Å². The highest BCUT2D eigenvalue weighted by Gasteiger charge is 2.06. The van der Waals surface area contributed by atoms with Gasteiger partial charge in [0.1, 0.15) is 0 Å². The van der Waals surface area contributed by atoms with Gasteiger partial charge in [0.15, 0.2) is 5.76 Å². The first kappa shape index (κ1) is 11.0. The Kier molecular flexibility index (Phi) is 5.21. The molecule has 0 aliphatic rings. The molecule has 0 radical (unpaired) electrons. The van der Waals surface area contributed by atoms with Gasteiger partial charge in [-0.1, -0.05) is 18.2 Å². The number of rotatable bonds is 4. The number of halogens is 1. The number of aliphatic hydroxyl groups is 1. The zero-order chi connectivity index (χ0) is 9.56. The van der Waals surface area contributed by atoms with Crippen molar-refractivity contribution in [3.05, 3.63) is 23.4 Å². The second kappa shape index (κ2) is 5.66. The summed E-state index contributed by atoms with van der Waals surface area (Å²) in [4.78, 5) is 10.7. The van der Waals surface area contributed by atoms with E-state index in [9.17, 15) is 4.79 Å². The van der Waals surface area contributed by atoms with Crippen molar-refractivity contribution < 1.29 is 14.6 Å². The van der Waals surface area contributed by atoms with Crippen LogP contribution >= 0.6 is 11.6 Å². The molecular formula is C8H11ClO3. The average Bonchev–Trinajstić information content (AvgIpc) is 2.00. The first-order valence-corrected chi connectivity index (χ1v) is 3.85. The molecule has 0 rings (SSSR count). The fourth-order valence-electron chi connectivity index (χ4n) is 0.496. The van der Waals surface area contributed by atoms with E-state index < -0.39 is 11.7 Å². The molecular weight excluding hydrogens is 180 g/mol. The zero-order valence-corrected chi connectivity index (χ0v) is 7.60. The molecule has 0 aliphatic heterocycles. The Labute approximate surface area is 76.3 Å². The largest absolute Gasteiger partial charge is 0.502 e. The minimum atomic E-state index is -0.740. The van der Waals surface area contributed by atoms with Gasteiger partial charge < -0.3 is 9.84 Å². The zero-order valence-electron chi connectivity index (χ0n) is 6.84. The maximum Gasteiger partial charge on any atom is 0.373 e. The molecule has 0 saturated carbocycles. The molecule has 0 saturated heterocycles. The highest BCUT2D eigenvalue weighted by atomic mass is 35.5. The van der Waals surface area contributed by atoms with Gasteiger partial charge in [0, 0.05) is 11.5 Å². The van der Waals surface area contributed by atoms with Crippen LogP contribution < -0.4 is 0 Å². The molecule has 68 valence electrons. The summed E-state index contributed by atoms with van der Waals surface area (Å²) in [6, 6.07) is 0. The van der Waals surface area contributed by atoms with Crippen molar-refractivity contribution in [2.45, 2.75) is 13.3 Å². The standard InChI is InChI=1S/C8H11ClO3/c1-3-12-8(11)7(10)5-4-6(2)9/h5,10H,2-4H2,1H3. The number of esters is 1. The Morgan fingerprint density at radius 3 is 2.75 bits per heavy atom. The van der Waals surface area contributed by atoms with Gasteiger partial charge in [-0.2, -0.15) is 0 Å². The topological polar surface area (TPSA) is 46.5 Å². The predicted molar refractivity (Wildman–Crippen MR) is 47.0 cm³/mol. The molecule has 0 bridgehead atoms. The molecule has 0 heterocycles. The van der Waals surface area contributed by atoms with Crippen molar-refractivity contribution >= 4 is 17.6 Å². The maximum absolute atomic E-state index is 10.7. The van der Waals surface area contributed by atoms with E-state index in [0.29, 0.717) is 5.03 Å². The van der Waals surface area contributed by atoms with Crippen molar-refractivity contribution in [1.82, 2.24) is 0 Å². The second-order valence-corrected chi connectivity index (χ2v) is 2.57. The SMILES string of the molecule is C=C(Cl)CC=C(O)C(=O)OCC. The predicted octanol–water partition coefficient (Wildman–Crippen LogP) is 2.13. The van der Waals surface area contributed by atoms with Crippen molar-refractivity contribution in [3.63, 3.8) is 0 Å². The molecule has 1 N–H and O–H groups in total. The van der Waals surface area contributed by atoms with E-state index >= 15 is 0 Å². The first-order valence-electron chi connectivity index (χ1n) is 3.47. The number of carbonyl (C=O) groups is 1. The summed E-state index contributed by atoms with van der Waals surface area (Å²) in [5, 5.41) is 9.34. The normalized spacial score (nSPS) is 11.0. The Bertz CT molecular complexity index is 208. The number of carbonyl (C=O) groups excluding carboxylic acids is 1. The lowest BCUT2D eigenvalue weighted by Crippen LogP contribution is -2.06. The molecule has 0 amide bonds. The van der Waals surface area contributed by atoms with E-state index in [-0.39, 0.29) is 13.0 Å². The molecule has 0 fully saturated rings. The maximum atomic E-state index is 10.7. The fourth-order valence-corrected chi connectivity index (χ4v) is 0.573. The second-order valence-electron chi connectivity index (χ2n) is 2.03. The monoisotopic (exact) mass is 190 g/mol. The summed E-state index contributed by atoms with van der Waals surface area (Å²) >= 11 is 5.40. The highest BCUT2D eigenvalue weighted by molar-refractivity contribution is 6.29. The highest BCUT2D eigenvalue weighted by Crippen LogP contribution is 2.06. The van der Waals surface area contributed by atoms with E-state index in [4.69, 9.17) is 16.7 Å². The molecule has 4 heteroatoms. The van der Waals surface area contributed by atoms with Gasteiger partial charge in [0.05, 0.1) is 6.61 Å². The third-order valence-corrected chi connectivity index (χ3v) is 1.16. The van der Waals surface area contributed by atoms with Crippen LogP contribution in [-0.2, 0) is 9.53 Å². The van der Waals surface area contributed by atoms with Crippen molar-refractivity contribution in [1.29, 1.82) is 0 Å². The summed E-state index contributed by atoms with van der Waals surface area (Å²) in [6.07, 6.45) is 1.51. The Morgan fingerprint density at radius 2 is 2.33 bits per heavy atom. The lowest BCUT2D eigenvalue weighted by Gasteiger charge is -1.99. The number of hydrogen-bond acceptors (Lipinski definition) is 3. The van der Waals surface area contributed by atoms with Crippen molar-refractivity contribution in [3.8, 4) is 0 Å². The quantitative estimate of drug-likeness (QED) is 0.420. The lowest BCUT2D eigenvalue weighted by molar-refractivity contribution is -0.141. The van der Waals surface area contributed by atoms with Crippen molar-refractivity contribution in [2.24, 2.45) is 0 Å². The summed E-state index contributed by atoms with van der Waals surface area (Å²) in [7, 11) is 0. The van der Waals surface area contributed by atoms with Gasteiger partial charge in [0.25, 0.3) is 0 Å². The summed E-state index contributed by atoms with van der Waals surface area (Å²) in [5.74, 6) is -1.17. The molecule has 0 aromatic carbocycles. The van der Waals surface area contributed by atoms with Gasteiger partial charge in [0.2, 0.25) is 0 Å². The van der Waals surface area contributed by atoms with Gasteiger partial charge >= 0.3 is 5.97 Å². The summed E-state index contributed by atoms with van der Waals surface area (Å²) in [6.45, 7) is 5.28. The fraction of sp³-hybridized carbons (Fsp3) is 0.375. The Morgan fingerprint density at radius 1 is 1.75 bits per heavy atom. The summed E-state index contributed by atoms with van der Waals surface area (Å²) < 4.78 is 4.51. The average molecular weight is 191 g/mol. The minimum Gasteiger partial charge on any atom is -0.502 e. The first-order chi connectivity index (χ1) is 5.57. The van der Waals surface area contributed by atoms with Crippen LogP contribution in [0.1, 0.15) is 13.3 Å². The lowest BCUT2D eigenvalue weighted by atomic mass is 10.3. The van der Waals surface area contributed by atoms with Crippen LogP contribution in [-0.4, -0.2) is 17.7 Å². The Balaban J connectivity index is 3.99. The smallest absolute Gasteiger partial charge is 0.373 e. The van der Waals surface area contributed by atoms with Crippen LogP contribution in [0.15, 0.2) is 23.4 Å². The molecule has 0 atom stereocenters. The van der Waals surface area contributed by atoms with Crippen molar-refractivity contribution in [2.75, 3.05) is 6.61 Å². The van der Waals surface area contributed by atoms with Gasteiger partial charge in [-0.15, -0.1) is 0 Å². The number of aliphatic hydroxyl groups excluding tert-OH is 1. The van der Waals surface area contributed by atoms with E-state index in [1.54, 1.807) is 6.92 Å². The van der Waals surface area contributed by atoms with Gasteiger partial charge in [-0.25, -0.2) is 4.79 Å². The Hall–Kier alpha value is -0.960.